The first-order valence-electron chi connectivity index (χ1n) is 6.96. The highest BCUT2D eigenvalue weighted by Crippen LogP contribution is 2.26. The summed E-state index contributed by atoms with van der Waals surface area (Å²) in [5, 5.41) is 6.21. The molecule has 1 aliphatic rings. The first kappa shape index (κ1) is 14.1. The zero-order valence-electron chi connectivity index (χ0n) is 12.3. The fourth-order valence-electron chi connectivity index (χ4n) is 2.59. The number of hydrogen-bond donors (Lipinski definition) is 2. The van der Waals surface area contributed by atoms with Gasteiger partial charge in [0.05, 0.1) is 5.92 Å². The Morgan fingerprint density at radius 3 is 2.58 bits per heavy atom. The number of carbonyl (C=O) groups excluding carboxylic acids is 1. The van der Waals surface area contributed by atoms with Crippen molar-refractivity contribution in [3.8, 4) is 0 Å². The Balaban J connectivity index is 2.02. The standard InChI is InChI=1S/C16H24N2O/c1-11-5-6-14(12(2)7-11)16(3,4)10-18-15(19)13-8-17-9-13/h5-7,13,17H,8-10H2,1-4H3,(H,18,19). The van der Waals surface area contributed by atoms with Crippen LogP contribution >= 0.6 is 0 Å². The van der Waals surface area contributed by atoms with E-state index in [2.05, 4.69) is 56.5 Å². The third kappa shape index (κ3) is 3.16. The lowest BCUT2D eigenvalue weighted by Gasteiger charge is -2.31. The quantitative estimate of drug-likeness (QED) is 0.868. The molecule has 1 fully saturated rings. The number of nitrogens with one attached hydrogen (secondary N) is 2. The minimum atomic E-state index is -0.0371. The summed E-state index contributed by atoms with van der Waals surface area (Å²) in [4.78, 5) is 11.9. The van der Waals surface area contributed by atoms with Crippen molar-refractivity contribution in [1.82, 2.24) is 10.6 Å². The minimum absolute atomic E-state index is 0.0371. The molecule has 1 aliphatic heterocycles. The molecule has 1 aromatic rings. The Labute approximate surface area is 115 Å². The van der Waals surface area contributed by atoms with Gasteiger partial charge >= 0.3 is 0 Å². The van der Waals surface area contributed by atoms with E-state index in [4.69, 9.17) is 0 Å². The number of benzene rings is 1. The molecule has 3 nitrogen and oxygen atoms in total. The van der Waals surface area contributed by atoms with Crippen LogP contribution < -0.4 is 10.6 Å². The molecular weight excluding hydrogens is 236 g/mol. The van der Waals surface area contributed by atoms with Crippen molar-refractivity contribution in [2.75, 3.05) is 19.6 Å². The smallest absolute Gasteiger partial charge is 0.225 e. The second kappa shape index (κ2) is 5.33. The Hall–Kier alpha value is -1.35. The number of rotatable bonds is 4. The molecular formula is C16H24N2O. The first-order chi connectivity index (χ1) is 8.90. The van der Waals surface area contributed by atoms with Crippen LogP contribution in [0.2, 0.25) is 0 Å². The van der Waals surface area contributed by atoms with E-state index in [1.807, 2.05) is 0 Å². The van der Waals surface area contributed by atoms with Crippen LogP contribution in [0.3, 0.4) is 0 Å². The van der Waals surface area contributed by atoms with Gasteiger partial charge in [0.25, 0.3) is 0 Å². The summed E-state index contributed by atoms with van der Waals surface area (Å²) in [5.41, 5.74) is 3.85. The van der Waals surface area contributed by atoms with Gasteiger partial charge in [-0.2, -0.15) is 0 Å². The maximum atomic E-state index is 11.9. The largest absolute Gasteiger partial charge is 0.355 e. The van der Waals surface area contributed by atoms with E-state index < -0.39 is 0 Å². The van der Waals surface area contributed by atoms with Gasteiger partial charge < -0.3 is 10.6 Å². The van der Waals surface area contributed by atoms with Crippen molar-refractivity contribution in [1.29, 1.82) is 0 Å². The van der Waals surface area contributed by atoms with E-state index in [1.54, 1.807) is 0 Å². The molecule has 0 bridgehead atoms. The second-order valence-corrected chi connectivity index (χ2v) is 6.28. The fraction of sp³-hybridized carbons (Fsp3) is 0.562. The lowest BCUT2D eigenvalue weighted by atomic mass is 9.81. The second-order valence-electron chi connectivity index (χ2n) is 6.28. The monoisotopic (exact) mass is 260 g/mol. The molecule has 1 aromatic carbocycles. The summed E-state index contributed by atoms with van der Waals surface area (Å²) in [6, 6.07) is 6.53. The van der Waals surface area contributed by atoms with Crippen molar-refractivity contribution in [2.24, 2.45) is 5.92 Å². The van der Waals surface area contributed by atoms with E-state index in [1.165, 1.54) is 16.7 Å². The molecule has 104 valence electrons. The summed E-state index contributed by atoms with van der Waals surface area (Å²) in [6.45, 7) is 10.9. The zero-order chi connectivity index (χ0) is 14.0. The predicted molar refractivity (Wildman–Crippen MR) is 78.3 cm³/mol. The zero-order valence-corrected chi connectivity index (χ0v) is 12.3. The van der Waals surface area contributed by atoms with Crippen LogP contribution in [0.25, 0.3) is 0 Å². The normalized spacial score (nSPS) is 16.0. The Bertz CT molecular complexity index is 476. The Morgan fingerprint density at radius 2 is 2.05 bits per heavy atom. The summed E-state index contributed by atoms with van der Waals surface area (Å²) in [7, 11) is 0. The average molecular weight is 260 g/mol. The first-order valence-corrected chi connectivity index (χ1v) is 6.96. The SMILES string of the molecule is Cc1ccc(C(C)(C)CNC(=O)C2CNC2)c(C)c1. The predicted octanol–water partition coefficient (Wildman–Crippen LogP) is 1.92. The third-order valence-corrected chi connectivity index (χ3v) is 3.97. The van der Waals surface area contributed by atoms with Gasteiger partial charge in [0, 0.05) is 25.0 Å². The molecule has 1 amide bonds. The van der Waals surface area contributed by atoms with E-state index >= 15 is 0 Å². The van der Waals surface area contributed by atoms with Crippen molar-refractivity contribution in [3.05, 3.63) is 34.9 Å². The van der Waals surface area contributed by atoms with Crippen molar-refractivity contribution in [2.45, 2.75) is 33.1 Å². The van der Waals surface area contributed by atoms with E-state index in [-0.39, 0.29) is 17.2 Å². The Kier molecular flexibility index (Phi) is 3.95. The maximum absolute atomic E-state index is 11.9. The average Bonchev–Trinajstić information content (AvgIpc) is 2.23. The molecule has 0 saturated carbocycles. The molecule has 1 heterocycles. The van der Waals surface area contributed by atoms with Crippen molar-refractivity contribution >= 4 is 5.91 Å². The molecule has 0 aromatic heterocycles. The van der Waals surface area contributed by atoms with E-state index in [9.17, 15) is 4.79 Å². The van der Waals surface area contributed by atoms with Crippen molar-refractivity contribution in [3.63, 3.8) is 0 Å². The fourth-order valence-corrected chi connectivity index (χ4v) is 2.59. The lowest BCUT2D eigenvalue weighted by molar-refractivity contribution is -0.126. The van der Waals surface area contributed by atoms with Gasteiger partial charge in [-0.3, -0.25) is 4.79 Å². The summed E-state index contributed by atoms with van der Waals surface area (Å²) >= 11 is 0. The van der Waals surface area contributed by atoms with Gasteiger partial charge in [0.2, 0.25) is 5.91 Å². The minimum Gasteiger partial charge on any atom is -0.355 e. The molecule has 0 unspecified atom stereocenters. The molecule has 2 rings (SSSR count). The number of aryl methyl sites for hydroxylation is 2. The van der Waals surface area contributed by atoms with Gasteiger partial charge in [-0.25, -0.2) is 0 Å². The maximum Gasteiger partial charge on any atom is 0.225 e. The van der Waals surface area contributed by atoms with Gasteiger partial charge in [-0.1, -0.05) is 37.6 Å². The van der Waals surface area contributed by atoms with Crippen LogP contribution in [0.15, 0.2) is 18.2 Å². The summed E-state index contributed by atoms with van der Waals surface area (Å²) in [6.07, 6.45) is 0. The Morgan fingerprint density at radius 1 is 1.37 bits per heavy atom. The molecule has 1 saturated heterocycles. The van der Waals surface area contributed by atoms with Gasteiger partial charge in [0.1, 0.15) is 0 Å². The highest BCUT2D eigenvalue weighted by Gasteiger charge is 2.28. The third-order valence-electron chi connectivity index (χ3n) is 3.97. The van der Waals surface area contributed by atoms with Crippen LogP contribution in [-0.2, 0) is 10.2 Å². The van der Waals surface area contributed by atoms with Gasteiger partial charge in [-0.15, -0.1) is 0 Å². The topological polar surface area (TPSA) is 41.1 Å². The van der Waals surface area contributed by atoms with E-state index in [0.717, 1.165) is 13.1 Å². The van der Waals surface area contributed by atoms with Gasteiger partial charge in [-0.05, 0) is 25.0 Å². The molecule has 19 heavy (non-hydrogen) atoms. The van der Waals surface area contributed by atoms with Crippen LogP contribution in [0, 0.1) is 19.8 Å². The van der Waals surface area contributed by atoms with Gasteiger partial charge in [0.15, 0.2) is 0 Å². The highest BCUT2D eigenvalue weighted by atomic mass is 16.2. The van der Waals surface area contributed by atoms with Crippen LogP contribution in [0.4, 0.5) is 0 Å². The van der Waals surface area contributed by atoms with Crippen LogP contribution in [0.1, 0.15) is 30.5 Å². The number of carbonyl (C=O) groups is 1. The molecule has 0 atom stereocenters. The van der Waals surface area contributed by atoms with E-state index in [0.29, 0.717) is 6.54 Å². The molecule has 0 radical (unpaired) electrons. The number of hydrogen-bond acceptors (Lipinski definition) is 2. The molecule has 0 aliphatic carbocycles. The van der Waals surface area contributed by atoms with Crippen molar-refractivity contribution < 1.29 is 4.79 Å². The lowest BCUT2D eigenvalue weighted by Crippen LogP contribution is -2.52. The molecule has 2 N–H and O–H groups in total. The number of amides is 1. The molecule has 0 spiro atoms. The summed E-state index contributed by atoms with van der Waals surface area (Å²) < 4.78 is 0. The van der Waals surface area contributed by atoms with Crippen LogP contribution in [-0.4, -0.2) is 25.5 Å². The highest BCUT2D eigenvalue weighted by molar-refractivity contribution is 5.80. The van der Waals surface area contributed by atoms with Crippen LogP contribution in [0.5, 0.6) is 0 Å². The summed E-state index contributed by atoms with van der Waals surface area (Å²) in [5.74, 6) is 0.339. The molecule has 3 heteroatoms.